The molecule has 0 spiro atoms. The van der Waals surface area contributed by atoms with E-state index in [1.165, 1.54) is 0 Å². The average Bonchev–Trinajstić information content (AvgIpc) is 2.44. The Labute approximate surface area is 122 Å². The highest BCUT2D eigenvalue weighted by Gasteiger charge is 2.35. The lowest BCUT2D eigenvalue weighted by Crippen LogP contribution is -2.48. The second-order valence-corrected chi connectivity index (χ2v) is 7.70. The summed E-state index contributed by atoms with van der Waals surface area (Å²) in [5, 5.41) is 2.71. The molecule has 2 unspecified atom stereocenters. The van der Waals surface area contributed by atoms with E-state index in [2.05, 4.69) is 5.32 Å². The predicted octanol–water partition coefficient (Wildman–Crippen LogP) is 2.16. The molecule has 1 N–H and O–H groups in total. The van der Waals surface area contributed by atoms with Gasteiger partial charge in [-0.15, -0.1) is 0 Å². The van der Waals surface area contributed by atoms with Crippen molar-refractivity contribution in [1.29, 1.82) is 0 Å². The highest BCUT2D eigenvalue weighted by molar-refractivity contribution is 7.93. The van der Waals surface area contributed by atoms with Crippen molar-refractivity contribution in [3.63, 3.8) is 0 Å². The van der Waals surface area contributed by atoms with Crippen molar-refractivity contribution >= 4 is 15.7 Å². The summed E-state index contributed by atoms with van der Waals surface area (Å²) >= 11 is 0. The molecule has 2 atom stereocenters. The molecular formula is C15H24N2O2S. The number of rotatable bonds is 5. The molecule has 0 radical (unpaired) electrons. The Morgan fingerprint density at radius 1 is 1.40 bits per heavy atom. The second-order valence-electron chi connectivity index (χ2n) is 5.48. The van der Waals surface area contributed by atoms with E-state index in [1.54, 1.807) is 11.2 Å². The number of benzene rings is 1. The first-order valence-corrected chi connectivity index (χ1v) is 8.80. The van der Waals surface area contributed by atoms with Gasteiger partial charge in [-0.3, -0.25) is 4.31 Å². The van der Waals surface area contributed by atoms with Gasteiger partial charge < -0.3 is 5.32 Å². The number of aryl methyl sites for hydroxylation is 1. The molecule has 0 aromatic heterocycles. The molecular weight excluding hydrogens is 272 g/mol. The van der Waals surface area contributed by atoms with E-state index in [9.17, 15) is 8.42 Å². The van der Waals surface area contributed by atoms with Crippen LogP contribution >= 0.6 is 0 Å². The van der Waals surface area contributed by atoms with Gasteiger partial charge in [-0.05, 0) is 44.9 Å². The topological polar surface area (TPSA) is 49.4 Å². The van der Waals surface area contributed by atoms with Gasteiger partial charge in [-0.25, -0.2) is 8.42 Å². The molecule has 0 bridgehead atoms. The van der Waals surface area contributed by atoms with Crippen LogP contribution in [0, 0.1) is 0 Å². The van der Waals surface area contributed by atoms with E-state index >= 15 is 0 Å². The number of hydrogen-bond donors (Lipinski definition) is 1. The van der Waals surface area contributed by atoms with Gasteiger partial charge in [-0.2, -0.15) is 0 Å². The van der Waals surface area contributed by atoms with Gasteiger partial charge in [-0.1, -0.05) is 25.1 Å². The fourth-order valence-electron chi connectivity index (χ4n) is 2.69. The third-order valence-corrected chi connectivity index (χ3v) is 6.21. The minimum Gasteiger partial charge on any atom is -0.316 e. The zero-order chi connectivity index (χ0) is 14.8. The molecule has 20 heavy (non-hydrogen) atoms. The largest absolute Gasteiger partial charge is 0.316 e. The highest BCUT2D eigenvalue weighted by atomic mass is 32.2. The van der Waals surface area contributed by atoms with Gasteiger partial charge in [0.25, 0.3) is 0 Å². The molecule has 0 saturated heterocycles. The first kappa shape index (κ1) is 15.3. The van der Waals surface area contributed by atoms with Crippen LogP contribution in [0.2, 0.25) is 0 Å². The van der Waals surface area contributed by atoms with E-state index in [-0.39, 0.29) is 6.04 Å². The molecule has 4 nitrogen and oxygen atoms in total. The van der Waals surface area contributed by atoms with Crippen molar-refractivity contribution < 1.29 is 8.42 Å². The zero-order valence-electron chi connectivity index (χ0n) is 12.5. The van der Waals surface area contributed by atoms with Crippen molar-refractivity contribution in [2.24, 2.45) is 0 Å². The molecule has 0 fully saturated rings. The molecule has 112 valence electrons. The van der Waals surface area contributed by atoms with E-state index in [4.69, 9.17) is 0 Å². The summed E-state index contributed by atoms with van der Waals surface area (Å²) in [6.07, 6.45) is 1.83. The molecule has 5 heteroatoms. The maximum atomic E-state index is 12.9. The van der Waals surface area contributed by atoms with Gasteiger partial charge in [0, 0.05) is 12.6 Å². The fourth-order valence-corrected chi connectivity index (χ4v) is 4.47. The van der Waals surface area contributed by atoms with Crippen molar-refractivity contribution in [3.8, 4) is 0 Å². The van der Waals surface area contributed by atoms with Crippen LogP contribution in [0.25, 0.3) is 0 Å². The van der Waals surface area contributed by atoms with Crippen molar-refractivity contribution in [2.75, 3.05) is 17.4 Å². The van der Waals surface area contributed by atoms with Crippen LogP contribution in [0.1, 0.15) is 32.8 Å². The Morgan fingerprint density at radius 3 is 2.80 bits per heavy atom. The number of hydrogen-bond acceptors (Lipinski definition) is 3. The maximum Gasteiger partial charge on any atom is 0.239 e. The standard InChI is InChI=1S/C15H24N2O2S/c1-4-16-11-13(3)20(18,19)17-12(2)9-10-14-7-5-6-8-15(14)17/h5-8,12-13,16H,4,9-11H2,1-3H3. The number of nitrogens with one attached hydrogen (secondary N) is 1. The van der Waals surface area contributed by atoms with Gasteiger partial charge >= 0.3 is 0 Å². The van der Waals surface area contributed by atoms with Crippen molar-refractivity contribution in [2.45, 2.75) is 44.9 Å². The lowest BCUT2D eigenvalue weighted by atomic mass is 9.99. The lowest BCUT2D eigenvalue weighted by molar-refractivity contribution is 0.546. The third kappa shape index (κ3) is 2.83. The van der Waals surface area contributed by atoms with Crippen LogP contribution < -0.4 is 9.62 Å². The minimum atomic E-state index is -3.33. The number of para-hydroxylation sites is 1. The van der Waals surface area contributed by atoms with Crippen LogP contribution in [0.5, 0.6) is 0 Å². The van der Waals surface area contributed by atoms with E-state index in [0.717, 1.165) is 30.6 Å². The number of fused-ring (bicyclic) bond motifs is 1. The van der Waals surface area contributed by atoms with E-state index in [0.29, 0.717) is 6.54 Å². The summed E-state index contributed by atoms with van der Waals surface area (Å²) in [6, 6.07) is 7.86. The third-order valence-electron chi connectivity index (χ3n) is 3.93. The van der Waals surface area contributed by atoms with E-state index in [1.807, 2.05) is 38.1 Å². The van der Waals surface area contributed by atoms with Crippen LogP contribution in [0.4, 0.5) is 5.69 Å². The minimum absolute atomic E-state index is 0.0268. The quantitative estimate of drug-likeness (QED) is 0.906. The first-order valence-electron chi connectivity index (χ1n) is 7.30. The SMILES string of the molecule is CCNCC(C)S(=O)(=O)N1c2ccccc2CCC1C. The number of anilines is 1. The van der Waals surface area contributed by atoms with Crippen LogP contribution in [0.15, 0.2) is 24.3 Å². The molecule has 0 saturated carbocycles. The molecule has 2 rings (SSSR count). The Balaban J connectivity index is 2.35. The number of sulfonamides is 1. The Bertz CT molecular complexity index is 557. The molecule has 1 aliphatic heterocycles. The van der Waals surface area contributed by atoms with Crippen molar-refractivity contribution in [3.05, 3.63) is 29.8 Å². The van der Waals surface area contributed by atoms with Gasteiger partial charge in [0.1, 0.15) is 0 Å². The normalized spacial score (nSPS) is 20.6. The zero-order valence-corrected chi connectivity index (χ0v) is 13.3. The molecule has 1 aromatic carbocycles. The maximum absolute atomic E-state index is 12.9. The van der Waals surface area contributed by atoms with Gasteiger partial charge in [0.05, 0.1) is 10.9 Å². The summed E-state index contributed by atoms with van der Waals surface area (Å²) in [7, 11) is -3.33. The molecule has 1 aromatic rings. The molecule has 0 aliphatic carbocycles. The highest BCUT2D eigenvalue weighted by Crippen LogP contribution is 2.33. The molecule has 0 amide bonds. The molecule has 1 heterocycles. The smallest absolute Gasteiger partial charge is 0.239 e. The predicted molar refractivity (Wildman–Crippen MR) is 83.6 cm³/mol. The Hall–Kier alpha value is -1.07. The first-order chi connectivity index (χ1) is 9.48. The van der Waals surface area contributed by atoms with E-state index < -0.39 is 15.3 Å². The second kappa shape index (κ2) is 6.14. The average molecular weight is 296 g/mol. The van der Waals surface area contributed by atoms with Crippen LogP contribution in [-0.2, 0) is 16.4 Å². The summed E-state index contributed by atoms with van der Waals surface area (Å²) in [6.45, 7) is 7.03. The summed E-state index contributed by atoms with van der Waals surface area (Å²) in [5.74, 6) is 0. The Morgan fingerprint density at radius 2 is 2.10 bits per heavy atom. The summed E-state index contributed by atoms with van der Waals surface area (Å²) in [4.78, 5) is 0. The number of nitrogens with zero attached hydrogens (tertiary/aromatic N) is 1. The fraction of sp³-hybridized carbons (Fsp3) is 0.600. The lowest BCUT2D eigenvalue weighted by Gasteiger charge is -2.37. The van der Waals surface area contributed by atoms with Crippen LogP contribution in [0.3, 0.4) is 0 Å². The summed E-state index contributed by atoms with van der Waals surface area (Å²) in [5.41, 5.74) is 1.99. The van der Waals surface area contributed by atoms with Gasteiger partial charge in [0.15, 0.2) is 0 Å². The van der Waals surface area contributed by atoms with Crippen molar-refractivity contribution in [1.82, 2.24) is 5.32 Å². The summed E-state index contributed by atoms with van der Waals surface area (Å²) < 4.78 is 27.3. The van der Waals surface area contributed by atoms with Crippen LogP contribution in [-0.4, -0.2) is 32.8 Å². The monoisotopic (exact) mass is 296 g/mol. The van der Waals surface area contributed by atoms with Gasteiger partial charge in [0.2, 0.25) is 10.0 Å². The molecule has 1 aliphatic rings. The Kier molecular flexibility index (Phi) is 4.70.